The summed E-state index contributed by atoms with van der Waals surface area (Å²) in [5.41, 5.74) is 1.97. The Hall–Kier alpha value is -2.16. The maximum atomic E-state index is 12.9. The van der Waals surface area contributed by atoms with E-state index < -0.39 is 0 Å². The predicted molar refractivity (Wildman–Crippen MR) is 114 cm³/mol. The fourth-order valence-corrected chi connectivity index (χ4v) is 3.65. The van der Waals surface area contributed by atoms with E-state index >= 15 is 0 Å². The molecule has 3 rings (SSSR count). The van der Waals surface area contributed by atoms with Crippen molar-refractivity contribution in [3.63, 3.8) is 0 Å². The van der Waals surface area contributed by atoms with E-state index in [9.17, 15) is 14.4 Å². The van der Waals surface area contributed by atoms with Crippen LogP contribution >= 0.6 is 12.4 Å². The Morgan fingerprint density at radius 2 is 1.76 bits per heavy atom. The third-order valence-corrected chi connectivity index (χ3v) is 5.03. The number of nitrogens with zero attached hydrogens (tertiary/aromatic N) is 3. The van der Waals surface area contributed by atoms with Gasteiger partial charge in [0, 0.05) is 33.1 Å². The maximum Gasteiger partial charge on any atom is 0.348 e. The number of aromatic nitrogens is 2. The number of hydrogen-bond donors (Lipinski definition) is 1. The van der Waals surface area contributed by atoms with Crippen LogP contribution in [0.4, 0.5) is 0 Å². The van der Waals surface area contributed by atoms with Crippen molar-refractivity contribution in [3.05, 3.63) is 34.2 Å². The molecule has 0 spiro atoms. The number of hydrogen-bond acceptors (Lipinski definition) is 5. The van der Waals surface area contributed by atoms with Crippen LogP contribution in [-0.2, 0) is 27.8 Å². The molecule has 0 aliphatic carbocycles. The zero-order chi connectivity index (χ0) is 20.1. The van der Waals surface area contributed by atoms with Crippen molar-refractivity contribution in [1.29, 1.82) is 0 Å². The molecular formula is C20H29ClN4O4. The Balaban J connectivity index is 0.00000300. The molecule has 1 aromatic carbocycles. The first kappa shape index (κ1) is 23.1. The summed E-state index contributed by atoms with van der Waals surface area (Å²) in [6.07, 6.45) is 3.65. The normalized spacial score (nSPS) is 14.5. The Morgan fingerprint density at radius 3 is 2.45 bits per heavy atom. The SMILES string of the molecule is CNCCCOCCCc1cccc2c1n(C)c(=O)n2N1C(=O)CCCC1=O.Cl. The second-order valence-corrected chi connectivity index (χ2v) is 7.06. The van der Waals surface area contributed by atoms with E-state index in [2.05, 4.69) is 5.32 Å². The lowest BCUT2D eigenvalue weighted by atomic mass is 10.1. The number of carbonyl (C=O) groups excluding carboxylic acids is 2. The molecule has 1 aliphatic rings. The van der Waals surface area contributed by atoms with Gasteiger partial charge in [-0.2, -0.15) is 9.69 Å². The average Bonchev–Trinajstić information content (AvgIpc) is 2.93. The van der Waals surface area contributed by atoms with Crippen LogP contribution in [-0.4, -0.2) is 47.9 Å². The number of rotatable bonds is 9. The summed E-state index contributed by atoms with van der Waals surface area (Å²) in [5.74, 6) is -0.655. The molecule has 0 radical (unpaired) electrons. The van der Waals surface area contributed by atoms with E-state index in [0.29, 0.717) is 18.5 Å². The second-order valence-electron chi connectivity index (χ2n) is 7.06. The van der Waals surface area contributed by atoms with Gasteiger partial charge in [-0.05, 0) is 50.9 Å². The van der Waals surface area contributed by atoms with Crippen LogP contribution in [0.2, 0.25) is 0 Å². The lowest BCUT2D eigenvalue weighted by Gasteiger charge is -2.25. The standard InChI is InChI=1S/C20H28N4O4.ClH/c1-21-12-6-14-28-13-5-8-15-7-3-9-16-19(15)22(2)20(27)23(16)24-17(25)10-4-11-18(24)26;/h3,7,9,21H,4-6,8,10-14H2,1-2H3;1H. The number of fused-ring (bicyclic) bond motifs is 1. The summed E-state index contributed by atoms with van der Waals surface area (Å²) >= 11 is 0. The van der Waals surface area contributed by atoms with Gasteiger partial charge in [-0.3, -0.25) is 14.2 Å². The molecule has 8 nitrogen and oxygen atoms in total. The first-order valence-electron chi connectivity index (χ1n) is 9.84. The van der Waals surface area contributed by atoms with Crippen LogP contribution in [0.15, 0.2) is 23.0 Å². The molecule has 1 fully saturated rings. The number of piperidine rings is 1. The highest BCUT2D eigenvalue weighted by Gasteiger charge is 2.31. The summed E-state index contributed by atoms with van der Waals surface area (Å²) in [6, 6.07) is 5.62. The fraction of sp³-hybridized carbons (Fsp3) is 0.550. The third kappa shape index (κ3) is 4.88. The van der Waals surface area contributed by atoms with Gasteiger partial charge in [0.1, 0.15) is 0 Å². The highest BCUT2D eigenvalue weighted by atomic mass is 35.5. The van der Waals surface area contributed by atoms with Crippen LogP contribution < -0.4 is 16.0 Å². The van der Waals surface area contributed by atoms with E-state index in [1.165, 1.54) is 9.24 Å². The van der Waals surface area contributed by atoms with Gasteiger partial charge in [0.2, 0.25) is 11.8 Å². The topological polar surface area (TPSA) is 85.6 Å². The summed E-state index contributed by atoms with van der Waals surface area (Å²) in [5, 5.41) is 4.10. The largest absolute Gasteiger partial charge is 0.381 e. The first-order chi connectivity index (χ1) is 13.6. The molecule has 2 aromatic rings. The number of carbonyl (C=O) groups is 2. The number of benzene rings is 1. The van der Waals surface area contributed by atoms with Crippen molar-refractivity contribution in [2.45, 2.75) is 38.5 Å². The molecule has 2 amide bonds. The molecule has 9 heteroatoms. The predicted octanol–water partition coefficient (Wildman–Crippen LogP) is 1.50. The minimum atomic E-state index is -0.380. The fourth-order valence-electron chi connectivity index (χ4n) is 3.65. The van der Waals surface area contributed by atoms with E-state index in [4.69, 9.17) is 4.74 Å². The van der Waals surface area contributed by atoms with Crippen molar-refractivity contribution in [3.8, 4) is 0 Å². The molecule has 0 unspecified atom stereocenters. The van der Waals surface area contributed by atoms with Gasteiger partial charge < -0.3 is 10.1 Å². The van der Waals surface area contributed by atoms with E-state index in [1.807, 2.05) is 19.2 Å². The van der Waals surface area contributed by atoms with Gasteiger partial charge in [0.05, 0.1) is 11.0 Å². The number of nitrogens with one attached hydrogen (secondary N) is 1. The molecule has 1 N–H and O–H groups in total. The zero-order valence-electron chi connectivity index (χ0n) is 17.0. The summed E-state index contributed by atoms with van der Waals surface area (Å²) in [6.45, 7) is 2.31. The van der Waals surface area contributed by atoms with E-state index in [-0.39, 0.29) is 42.8 Å². The van der Waals surface area contributed by atoms with Crippen molar-refractivity contribution < 1.29 is 14.3 Å². The Labute approximate surface area is 176 Å². The number of halogens is 1. The number of aryl methyl sites for hydroxylation is 2. The highest BCUT2D eigenvalue weighted by molar-refractivity contribution is 6.11. The van der Waals surface area contributed by atoms with Gasteiger partial charge >= 0.3 is 5.69 Å². The summed E-state index contributed by atoms with van der Waals surface area (Å²) in [7, 11) is 3.60. The van der Waals surface area contributed by atoms with Gasteiger partial charge in [-0.15, -0.1) is 12.4 Å². The molecular weight excluding hydrogens is 396 g/mol. The number of ether oxygens (including phenoxy) is 1. The lowest BCUT2D eigenvalue weighted by Crippen LogP contribution is -2.52. The molecule has 0 bridgehead atoms. The number of para-hydroxylation sites is 1. The minimum Gasteiger partial charge on any atom is -0.381 e. The molecule has 2 heterocycles. The van der Waals surface area contributed by atoms with Crippen molar-refractivity contribution in [2.75, 3.05) is 31.8 Å². The van der Waals surface area contributed by atoms with Crippen LogP contribution in [0, 0.1) is 0 Å². The second kappa shape index (κ2) is 10.6. The monoisotopic (exact) mass is 424 g/mol. The quantitative estimate of drug-likeness (QED) is 0.487. The van der Waals surface area contributed by atoms with Crippen molar-refractivity contribution in [1.82, 2.24) is 14.6 Å². The molecule has 1 saturated heterocycles. The molecule has 1 aliphatic heterocycles. The summed E-state index contributed by atoms with van der Waals surface area (Å²) in [4.78, 5) is 37.5. The van der Waals surface area contributed by atoms with Gasteiger partial charge in [-0.1, -0.05) is 12.1 Å². The number of amides is 2. The van der Waals surface area contributed by atoms with Crippen molar-refractivity contribution >= 4 is 35.3 Å². The van der Waals surface area contributed by atoms with Gasteiger partial charge in [0.25, 0.3) is 0 Å². The average molecular weight is 425 g/mol. The lowest BCUT2D eigenvalue weighted by molar-refractivity contribution is -0.131. The minimum absolute atomic E-state index is 0. The summed E-state index contributed by atoms with van der Waals surface area (Å²) < 4.78 is 8.40. The van der Waals surface area contributed by atoms with Crippen LogP contribution in [0.25, 0.3) is 11.0 Å². The Kier molecular flexibility index (Phi) is 8.43. The van der Waals surface area contributed by atoms with Gasteiger partial charge in [-0.25, -0.2) is 4.79 Å². The zero-order valence-corrected chi connectivity index (χ0v) is 17.8. The van der Waals surface area contributed by atoms with E-state index in [0.717, 1.165) is 48.5 Å². The molecule has 0 atom stereocenters. The Bertz CT molecular complexity index is 905. The van der Waals surface area contributed by atoms with E-state index in [1.54, 1.807) is 13.1 Å². The highest BCUT2D eigenvalue weighted by Crippen LogP contribution is 2.21. The number of imidazole rings is 1. The first-order valence-corrected chi connectivity index (χ1v) is 9.84. The third-order valence-electron chi connectivity index (χ3n) is 5.03. The van der Waals surface area contributed by atoms with Crippen LogP contribution in [0.5, 0.6) is 0 Å². The smallest absolute Gasteiger partial charge is 0.348 e. The van der Waals surface area contributed by atoms with Crippen LogP contribution in [0.3, 0.4) is 0 Å². The van der Waals surface area contributed by atoms with Crippen LogP contribution in [0.1, 0.15) is 37.7 Å². The van der Waals surface area contributed by atoms with Crippen molar-refractivity contribution in [2.24, 2.45) is 7.05 Å². The maximum absolute atomic E-state index is 12.9. The number of imide groups is 1. The molecule has 0 saturated carbocycles. The Morgan fingerprint density at radius 1 is 1.07 bits per heavy atom. The van der Waals surface area contributed by atoms with Gasteiger partial charge in [0.15, 0.2) is 0 Å². The molecule has 1 aromatic heterocycles. The molecule has 160 valence electrons. The molecule has 29 heavy (non-hydrogen) atoms.